The lowest BCUT2D eigenvalue weighted by Crippen LogP contribution is -2.28. The molecule has 4 rings (SSSR count). The molecule has 1 saturated heterocycles. The van der Waals surface area contributed by atoms with Crippen LogP contribution in [0.15, 0.2) is 65.3 Å². The van der Waals surface area contributed by atoms with Gasteiger partial charge < -0.3 is 9.32 Å². The minimum Gasteiger partial charge on any atom is -0.447 e. The predicted octanol–water partition coefficient (Wildman–Crippen LogP) is 4.25. The number of rotatable bonds is 7. The molecule has 0 spiro atoms. The van der Waals surface area contributed by atoms with Gasteiger partial charge in [0.05, 0.1) is 6.54 Å². The molecule has 2 aromatic carbocycles. The number of halogens is 1. The lowest BCUT2D eigenvalue weighted by atomic mass is 10.1. The molecule has 0 unspecified atom stereocenters. The number of aromatic nitrogens is 1. The molecule has 3 aromatic rings. The number of amides is 1. The van der Waals surface area contributed by atoms with Gasteiger partial charge in [-0.1, -0.05) is 42.5 Å². The van der Waals surface area contributed by atoms with E-state index in [1.165, 1.54) is 18.4 Å². The predicted molar refractivity (Wildman–Crippen MR) is 107 cm³/mol. The van der Waals surface area contributed by atoms with E-state index in [1.807, 2.05) is 29.2 Å². The van der Waals surface area contributed by atoms with Gasteiger partial charge in [-0.2, -0.15) is 0 Å². The highest BCUT2D eigenvalue weighted by atomic mass is 19.1. The van der Waals surface area contributed by atoms with Crippen LogP contribution in [-0.2, 0) is 19.6 Å². The average Bonchev–Trinajstić information content (AvgIpc) is 3.41. The lowest BCUT2D eigenvalue weighted by Gasteiger charge is -2.21. The van der Waals surface area contributed by atoms with Gasteiger partial charge in [-0.05, 0) is 36.1 Å². The second-order valence-corrected chi connectivity index (χ2v) is 7.39. The van der Waals surface area contributed by atoms with Gasteiger partial charge in [0.2, 0.25) is 5.89 Å². The van der Waals surface area contributed by atoms with Crippen molar-refractivity contribution in [3.8, 4) is 0 Å². The van der Waals surface area contributed by atoms with Gasteiger partial charge in [-0.25, -0.2) is 9.37 Å². The van der Waals surface area contributed by atoms with E-state index >= 15 is 0 Å². The van der Waals surface area contributed by atoms with Crippen LogP contribution in [0.25, 0.3) is 0 Å². The van der Waals surface area contributed by atoms with Crippen LogP contribution >= 0.6 is 0 Å². The topological polar surface area (TPSA) is 49.6 Å². The van der Waals surface area contributed by atoms with Crippen molar-refractivity contribution in [2.24, 2.45) is 0 Å². The number of carbonyl (C=O) groups excluding carboxylic acids is 1. The van der Waals surface area contributed by atoms with Crippen LogP contribution in [-0.4, -0.2) is 33.8 Å². The second-order valence-electron chi connectivity index (χ2n) is 7.39. The third-order valence-electron chi connectivity index (χ3n) is 5.07. The summed E-state index contributed by atoms with van der Waals surface area (Å²) >= 11 is 0. The van der Waals surface area contributed by atoms with Crippen LogP contribution in [0, 0.1) is 5.82 Å². The van der Waals surface area contributed by atoms with Crippen LogP contribution in [0.1, 0.15) is 40.3 Å². The summed E-state index contributed by atoms with van der Waals surface area (Å²) in [6.07, 6.45) is 3.52. The van der Waals surface area contributed by atoms with E-state index in [0.29, 0.717) is 31.2 Å². The van der Waals surface area contributed by atoms with Crippen LogP contribution in [0.4, 0.5) is 4.39 Å². The van der Waals surface area contributed by atoms with E-state index in [-0.39, 0.29) is 11.7 Å². The minimum atomic E-state index is -0.253. The monoisotopic (exact) mass is 393 g/mol. The smallest absolute Gasteiger partial charge is 0.275 e. The van der Waals surface area contributed by atoms with Gasteiger partial charge in [0.1, 0.15) is 12.1 Å². The molecule has 1 aliphatic rings. The van der Waals surface area contributed by atoms with Gasteiger partial charge in [-0.3, -0.25) is 9.69 Å². The minimum absolute atomic E-state index is 0.0720. The summed E-state index contributed by atoms with van der Waals surface area (Å²) in [5.74, 6) is 0.161. The summed E-state index contributed by atoms with van der Waals surface area (Å²) in [7, 11) is 0. The molecule has 6 heteroatoms. The van der Waals surface area contributed by atoms with Crippen molar-refractivity contribution < 1.29 is 13.6 Å². The molecule has 29 heavy (non-hydrogen) atoms. The molecule has 1 fully saturated rings. The highest BCUT2D eigenvalue weighted by Gasteiger charge is 2.23. The molecule has 1 aliphatic heterocycles. The molecule has 1 aromatic heterocycles. The molecule has 0 N–H and O–H groups in total. The Hall–Kier alpha value is -2.99. The number of oxazole rings is 1. The van der Waals surface area contributed by atoms with Crippen molar-refractivity contribution in [3.05, 3.63) is 89.4 Å². The lowest BCUT2D eigenvalue weighted by molar-refractivity contribution is 0.0787. The van der Waals surface area contributed by atoms with Gasteiger partial charge in [-0.15, -0.1) is 0 Å². The van der Waals surface area contributed by atoms with Crippen molar-refractivity contribution in [2.75, 3.05) is 13.1 Å². The van der Waals surface area contributed by atoms with Crippen molar-refractivity contribution in [2.45, 2.75) is 32.5 Å². The number of carbonyl (C=O) groups is 1. The zero-order valence-corrected chi connectivity index (χ0v) is 16.3. The van der Waals surface area contributed by atoms with Gasteiger partial charge in [0.25, 0.3) is 5.91 Å². The summed E-state index contributed by atoms with van der Waals surface area (Å²) in [6, 6.07) is 16.7. The summed E-state index contributed by atoms with van der Waals surface area (Å²) in [5, 5.41) is 0. The molecule has 150 valence electrons. The maximum Gasteiger partial charge on any atom is 0.275 e. The van der Waals surface area contributed by atoms with Crippen LogP contribution in [0.3, 0.4) is 0 Å². The quantitative estimate of drug-likeness (QED) is 0.602. The van der Waals surface area contributed by atoms with Crippen LogP contribution < -0.4 is 0 Å². The molecule has 0 atom stereocenters. The number of likely N-dealkylation sites (tertiary alicyclic amines) is 1. The first-order chi connectivity index (χ1) is 14.2. The number of hydrogen-bond donors (Lipinski definition) is 0. The normalized spacial score (nSPS) is 13.9. The Bertz CT molecular complexity index is 952. The number of nitrogens with zero attached hydrogens (tertiary/aromatic N) is 3. The maximum absolute atomic E-state index is 13.6. The Balaban J connectivity index is 1.49. The van der Waals surface area contributed by atoms with Gasteiger partial charge >= 0.3 is 0 Å². The van der Waals surface area contributed by atoms with Crippen molar-refractivity contribution in [1.29, 1.82) is 0 Å². The van der Waals surface area contributed by atoms with E-state index in [2.05, 4.69) is 22.0 Å². The van der Waals surface area contributed by atoms with Crippen molar-refractivity contribution in [1.82, 2.24) is 14.8 Å². The number of hydrogen-bond acceptors (Lipinski definition) is 4. The maximum atomic E-state index is 13.6. The average molecular weight is 393 g/mol. The largest absolute Gasteiger partial charge is 0.447 e. The molecular weight excluding hydrogens is 369 g/mol. The zero-order chi connectivity index (χ0) is 20.1. The third-order valence-corrected chi connectivity index (χ3v) is 5.07. The fourth-order valence-electron chi connectivity index (χ4n) is 3.66. The van der Waals surface area contributed by atoms with Gasteiger partial charge in [0, 0.05) is 26.2 Å². The SMILES string of the molecule is O=C(c1coc(CN(Cc2ccccc2)Cc2cccc(F)c2)n1)N1CCCC1. The molecule has 2 heterocycles. The van der Waals surface area contributed by atoms with E-state index in [9.17, 15) is 9.18 Å². The zero-order valence-electron chi connectivity index (χ0n) is 16.3. The molecule has 0 bridgehead atoms. The molecule has 0 aliphatic carbocycles. The molecular formula is C23H24FN3O2. The molecule has 5 nitrogen and oxygen atoms in total. The fraction of sp³-hybridized carbons (Fsp3) is 0.304. The summed E-state index contributed by atoms with van der Waals surface area (Å²) < 4.78 is 19.2. The van der Waals surface area contributed by atoms with E-state index < -0.39 is 0 Å². The standard InChI is InChI=1S/C23H24FN3O2/c24-20-10-6-9-19(13-20)15-26(14-18-7-2-1-3-8-18)16-22-25-21(17-29-22)23(28)27-11-4-5-12-27/h1-3,6-10,13,17H,4-5,11-12,14-16H2. The van der Waals surface area contributed by atoms with Gasteiger partial charge in [0.15, 0.2) is 5.69 Å². The Kier molecular flexibility index (Phi) is 6.00. The molecule has 0 radical (unpaired) electrons. The Morgan fingerprint density at radius 3 is 2.48 bits per heavy atom. The third kappa shape index (κ3) is 5.09. The van der Waals surface area contributed by atoms with Crippen molar-refractivity contribution >= 4 is 5.91 Å². The van der Waals surface area contributed by atoms with Crippen molar-refractivity contribution in [3.63, 3.8) is 0 Å². The van der Waals surface area contributed by atoms with Crippen LogP contribution in [0.5, 0.6) is 0 Å². The highest BCUT2D eigenvalue weighted by Crippen LogP contribution is 2.17. The Labute approximate surface area is 169 Å². The summed E-state index contributed by atoms with van der Waals surface area (Å²) in [6.45, 7) is 3.19. The van der Waals surface area contributed by atoms with E-state index in [4.69, 9.17) is 4.42 Å². The van der Waals surface area contributed by atoms with E-state index in [0.717, 1.165) is 37.1 Å². The second kappa shape index (κ2) is 9.01. The first-order valence-electron chi connectivity index (χ1n) is 9.92. The Morgan fingerprint density at radius 1 is 1.00 bits per heavy atom. The highest BCUT2D eigenvalue weighted by molar-refractivity contribution is 5.92. The summed E-state index contributed by atoms with van der Waals surface area (Å²) in [4.78, 5) is 20.9. The first kappa shape index (κ1) is 19.3. The molecule has 0 saturated carbocycles. The Morgan fingerprint density at radius 2 is 1.72 bits per heavy atom. The molecule has 1 amide bonds. The summed E-state index contributed by atoms with van der Waals surface area (Å²) in [5.41, 5.74) is 2.37. The fourth-order valence-corrected chi connectivity index (χ4v) is 3.66. The first-order valence-corrected chi connectivity index (χ1v) is 9.92. The van der Waals surface area contributed by atoms with Crippen LogP contribution in [0.2, 0.25) is 0 Å². The van der Waals surface area contributed by atoms with E-state index in [1.54, 1.807) is 6.07 Å². The number of benzene rings is 2.